The van der Waals surface area contributed by atoms with Crippen LogP contribution < -0.4 is 5.32 Å². The highest BCUT2D eigenvalue weighted by atomic mass is 35.5. The molecule has 104 valence electrons. The normalized spacial score (nSPS) is 11.2. The first-order valence-electron chi connectivity index (χ1n) is 6.29. The van der Waals surface area contributed by atoms with Crippen LogP contribution in [0.25, 0.3) is 5.78 Å². The summed E-state index contributed by atoms with van der Waals surface area (Å²) in [4.78, 5) is 8.12. The standard InChI is InChI=1S/C12H14ClN7/c1-3-9-8(6-19(2)18-9)5-14-11-4-10(13)17-12-15-7-16-20(11)12/h4,6-7,14H,3,5H2,1-2H3. The van der Waals surface area contributed by atoms with Gasteiger partial charge >= 0.3 is 0 Å². The molecule has 3 aromatic heterocycles. The first-order valence-corrected chi connectivity index (χ1v) is 6.66. The van der Waals surface area contributed by atoms with Gasteiger partial charge in [0.2, 0.25) is 0 Å². The van der Waals surface area contributed by atoms with Crippen LogP contribution in [0.1, 0.15) is 18.2 Å². The van der Waals surface area contributed by atoms with Crippen molar-refractivity contribution < 1.29 is 0 Å². The largest absolute Gasteiger partial charge is 0.366 e. The molecule has 0 atom stereocenters. The van der Waals surface area contributed by atoms with Crippen molar-refractivity contribution in [2.24, 2.45) is 7.05 Å². The van der Waals surface area contributed by atoms with Crippen LogP contribution in [0.2, 0.25) is 5.15 Å². The summed E-state index contributed by atoms with van der Waals surface area (Å²) in [5, 5.41) is 12.2. The third-order valence-electron chi connectivity index (χ3n) is 3.01. The smallest absolute Gasteiger partial charge is 0.255 e. The Kier molecular flexibility index (Phi) is 3.27. The van der Waals surface area contributed by atoms with Crippen LogP contribution >= 0.6 is 11.6 Å². The summed E-state index contributed by atoms with van der Waals surface area (Å²) in [5.41, 5.74) is 2.23. The summed E-state index contributed by atoms with van der Waals surface area (Å²) in [7, 11) is 1.92. The highest BCUT2D eigenvalue weighted by Crippen LogP contribution is 2.16. The second kappa shape index (κ2) is 5.09. The van der Waals surface area contributed by atoms with Crippen molar-refractivity contribution in [2.45, 2.75) is 19.9 Å². The van der Waals surface area contributed by atoms with Gasteiger partial charge in [0.05, 0.1) is 5.69 Å². The SMILES string of the molecule is CCc1nn(C)cc1CNc1cc(Cl)nc2ncnn12. The summed E-state index contributed by atoms with van der Waals surface area (Å²) in [6.45, 7) is 2.73. The van der Waals surface area contributed by atoms with Gasteiger partial charge in [-0.15, -0.1) is 0 Å². The lowest BCUT2D eigenvalue weighted by Gasteiger charge is -2.07. The zero-order chi connectivity index (χ0) is 14.1. The second-order valence-electron chi connectivity index (χ2n) is 4.42. The van der Waals surface area contributed by atoms with Gasteiger partial charge in [-0.1, -0.05) is 18.5 Å². The maximum absolute atomic E-state index is 5.98. The number of aryl methyl sites for hydroxylation is 2. The lowest BCUT2D eigenvalue weighted by atomic mass is 10.2. The molecule has 0 radical (unpaired) electrons. The van der Waals surface area contributed by atoms with Gasteiger partial charge in [0.25, 0.3) is 5.78 Å². The number of fused-ring (bicyclic) bond motifs is 1. The van der Waals surface area contributed by atoms with E-state index in [0.29, 0.717) is 17.5 Å². The molecule has 0 amide bonds. The van der Waals surface area contributed by atoms with E-state index in [1.54, 1.807) is 10.6 Å². The van der Waals surface area contributed by atoms with Crippen molar-refractivity contribution >= 4 is 23.2 Å². The van der Waals surface area contributed by atoms with Gasteiger partial charge < -0.3 is 5.32 Å². The summed E-state index contributed by atoms with van der Waals surface area (Å²) in [6, 6.07) is 1.73. The maximum atomic E-state index is 5.98. The third kappa shape index (κ3) is 2.32. The Hall–Kier alpha value is -2.15. The molecule has 0 aromatic carbocycles. The van der Waals surface area contributed by atoms with Crippen LogP contribution in [0.15, 0.2) is 18.6 Å². The number of hydrogen-bond donors (Lipinski definition) is 1. The Labute approximate surface area is 120 Å². The lowest BCUT2D eigenvalue weighted by molar-refractivity contribution is 0.746. The van der Waals surface area contributed by atoms with Gasteiger partial charge in [-0.05, 0) is 6.42 Å². The summed E-state index contributed by atoms with van der Waals surface area (Å²) < 4.78 is 3.44. The van der Waals surface area contributed by atoms with Gasteiger partial charge in [0.15, 0.2) is 0 Å². The van der Waals surface area contributed by atoms with E-state index >= 15 is 0 Å². The van der Waals surface area contributed by atoms with Crippen LogP contribution in [0.3, 0.4) is 0 Å². The number of nitrogens with zero attached hydrogens (tertiary/aromatic N) is 6. The van der Waals surface area contributed by atoms with Crippen molar-refractivity contribution in [3.8, 4) is 0 Å². The Morgan fingerprint density at radius 3 is 3.05 bits per heavy atom. The number of hydrogen-bond acceptors (Lipinski definition) is 5. The van der Waals surface area contributed by atoms with Crippen LogP contribution in [0, 0.1) is 0 Å². The number of halogens is 1. The predicted octanol–water partition coefficient (Wildman–Crippen LogP) is 1.69. The van der Waals surface area contributed by atoms with Crippen molar-refractivity contribution in [3.05, 3.63) is 35.0 Å². The molecule has 0 saturated carbocycles. The molecule has 3 aromatic rings. The van der Waals surface area contributed by atoms with Crippen LogP contribution in [-0.4, -0.2) is 29.4 Å². The zero-order valence-corrected chi connectivity index (χ0v) is 12.0. The molecule has 0 spiro atoms. The second-order valence-corrected chi connectivity index (χ2v) is 4.81. The molecule has 0 aliphatic rings. The third-order valence-corrected chi connectivity index (χ3v) is 3.20. The van der Waals surface area contributed by atoms with E-state index in [4.69, 9.17) is 11.6 Å². The molecule has 0 saturated heterocycles. The fourth-order valence-corrected chi connectivity index (χ4v) is 2.30. The number of aromatic nitrogens is 6. The van der Waals surface area contributed by atoms with Crippen molar-refractivity contribution in [1.29, 1.82) is 0 Å². The van der Waals surface area contributed by atoms with Crippen molar-refractivity contribution in [2.75, 3.05) is 5.32 Å². The molecule has 1 N–H and O–H groups in total. The number of rotatable bonds is 4. The molecule has 3 heterocycles. The molecule has 3 rings (SSSR count). The molecular formula is C12H14ClN7. The van der Waals surface area contributed by atoms with Gasteiger partial charge in [-0.3, -0.25) is 4.68 Å². The van der Waals surface area contributed by atoms with E-state index in [2.05, 4.69) is 32.4 Å². The highest BCUT2D eigenvalue weighted by molar-refractivity contribution is 6.29. The van der Waals surface area contributed by atoms with Gasteiger partial charge in [-0.2, -0.15) is 24.7 Å². The Morgan fingerprint density at radius 1 is 1.40 bits per heavy atom. The number of nitrogens with one attached hydrogen (secondary N) is 1. The Morgan fingerprint density at radius 2 is 2.25 bits per heavy atom. The summed E-state index contributed by atoms with van der Waals surface area (Å²) >= 11 is 5.98. The minimum atomic E-state index is 0.384. The quantitative estimate of drug-likeness (QED) is 0.741. The fourth-order valence-electron chi connectivity index (χ4n) is 2.12. The van der Waals surface area contributed by atoms with E-state index in [0.717, 1.165) is 23.5 Å². The molecule has 0 aliphatic heterocycles. The maximum Gasteiger partial charge on any atom is 0.255 e. The Bertz CT molecular complexity index is 745. The van der Waals surface area contributed by atoms with E-state index < -0.39 is 0 Å². The number of anilines is 1. The predicted molar refractivity (Wildman–Crippen MR) is 75.7 cm³/mol. The molecule has 0 aliphatic carbocycles. The molecule has 0 bridgehead atoms. The molecule has 0 fully saturated rings. The summed E-state index contributed by atoms with van der Waals surface area (Å²) in [5.74, 6) is 1.23. The monoisotopic (exact) mass is 291 g/mol. The lowest BCUT2D eigenvalue weighted by Crippen LogP contribution is -2.07. The van der Waals surface area contributed by atoms with E-state index in [1.807, 2.05) is 17.9 Å². The molecule has 0 unspecified atom stereocenters. The highest BCUT2D eigenvalue weighted by Gasteiger charge is 2.09. The summed E-state index contributed by atoms with van der Waals surface area (Å²) in [6.07, 6.45) is 4.35. The zero-order valence-electron chi connectivity index (χ0n) is 11.2. The molecule has 20 heavy (non-hydrogen) atoms. The topological polar surface area (TPSA) is 72.9 Å². The van der Waals surface area contributed by atoms with Crippen LogP contribution in [-0.2, 0) is 20.0 Å². The first kappa shape index (κ1) is 12.9. The van der Waals surface area contributed by atoms with Gasteiger partial charge in [-0.25, -0.2) is 0 Å². The van der Waals surface area contributed by atoms with Crippen LogP contribution in [0.5, 0.6) is 0 Å². The minimum absolute atomic E-state index is 0.384. The van der Waals surface area contributed by atoms with E-state index in [1.165, 1.54) is 6.33 Å². The molecule has 7 nitrogen and oxygen atoms in total. The molecule has 8 heteroatoms. The Balaban J connectivity index is 1.88. The fraction of sp³-hybridized carbons (Fsp3) is 0.333. The van der Waals surface area contributed by atoms with Gasteiger partial charge in [0, 0.05) is 31.4 Å². The molecular weight excluding hydrogens is 278 g/mol. The van der Waals surface area contributed by atoms with Crippen molar-refractivity contribution in [1.82, 2.24) is 29.4 Å². The van der Waals surface area contributed by atoms with Gasteiger partial charge in [0.1, 0.15) is 17.3 Å². The average molecular weight is 292 g/mol. The minimum Gasteiger partial charge on any atom is -0.366 e. The van der Waals surface area contributed by atoms with E-state index in [-0.39, 0.29) is 0 Å². The van der Waals surface area contributed by atoms with Crippen molar-refractivity contribution in [3.63, 3.8) is 0 Å². The van der Waals surface area contributed by atoms with E-state index in [9.17, 15) is 0 Å². The average Bonchev–Trinajstić information content (AvgIpc) is 3.01. The first-order chi connectivity index (χ1) is 9.67. The van der Waals surface area contributed by atoms with Crippen LogP contribution in [0.4, 0.5) is 5.82 Å².